The third-order valence-electron chi connectivity index (χ3n) is 7.83. The van der Waals surface area contributed by atoms with E-state index in [9.17, 15) is 0 Å². The molecular formula is C32H50ClN3. The van der Waals surface area contributed by atoms with E-state index in [1.165, 1.54) is 100 Å². The highest BCUT2D eigenvalue weighted by atomic mass is 35.5. The Morgan fingerprint density at radius 1 is 0.944 bits per heavy atom. The lowest BCUT2D eigenvalue weighted by molar-refractivity contribution is 0.174. The van der Waals surface area contributed by atoms with Crippen LogP contribution >= 0.6 is 11.6 Å². The highest BCUT2D eigenvalue weighted by Crippen LogP contribution is 2.34. The van der Waals surface area contributed by atoms with E-state index in [0.717, 1.165) is 47.4 Å². The third-order valence-corrected chi connectivity index (χ3v) is 8.16. The minimum Gasteiger partial charge on any atom is -0.317 e. The largest absolute Gasteiger partial charge is 0.317 e. The lowest BCUT2D eigenvalue weighted by atomic mass is 9.85. The van der Waals surface area contributed by atoms with Crippen LogP contribution in [0.1, 0.15) is 123 Å². The highest BCUT2D eigenvalue weighted by Gasteiger charge is 2.23. The molecule has 3 aliphatic rings. The monoisotopic (exact) mass is 511 g/mol. The van der Waals surface area contributed by atoms with Gasteiger partial charge < -0.3 is 5.43 Å². The van der Waals surface area contributed by atoms with Crippen LogP contribution in [0.25, 0.3) is 0 Å². The molecule has 2 aliphatic carbocycles. The van der Waals surface area contributed by atoms with Crippen molar-refractivity contribution in [3.63, 3.8) is 0 Å². The highest BCUT2D eigenvalue weighted by molar-refractivity contribution is 6.34. The Balaban J connectivity index is 0.00000176. The fraction of sp³-hybridized carbons (Fsp3) is 0.656. The molecule has 1 saturated heterocycles. The minimum absolute atomic E-state index is 0.814. The molecule has 4 rings (SSSR count). The molecule has 1 aliphatic heterocycles. The SMILES string of the molecule is CC.CC(C)=C(N=C(CCCC1CCCCC1)c1ccccc1Cl)C(NN1CCCCC1)=C1CCC1. The van der Waals surface area contributed by atoms with Gasteiger partial charge in [-0.1, -0.05) is 88.6 Å². The van der Waals surface area contributed by atoms with Crippen LogP contribution in [0.4, 0.5) is 0 Å². The van der Waals surface area contributed by atoms with E-state index < -0.39 is 0 Å². The molecule has 1 aromatic carbocycles. The number of piperidine rings is 1. The zero-order valence-electron chi connectivity index (χ0n) is 23.5. The number of nitrogens with one attached hydrogen (secondary N) is 1. The molecule has 0 unspecified atom stereocenters. The van der Waals surface area contributed by atoms with E-state index >= 15 is 0 Å². The van der Waals surface area contributed by atoms with Crippen molar-refractivity contribution in [2.75, 3.05) is 13.1 Å². The van der Waals surface area contributed by atoms with Crippen LogP contribution in [0, 0.1) is 5.92 Å². The Morgan fingerprint density at radius 3 is 2.22 bits per heavy atom. The molecule has 1 N–H and O–H groups in total. The van der Waals surface area contributed by atoms with Crippen molar-refractivity contribution in [3.8, 4) is 0 Å². The number of rotatable bonds is 9. The average Bonchev–Trinajstić information content (AvgIpc) is 2.87. The van der Waals surface area contributed by atoms with Crippen LogP contribution in [0.15, 0.2) is 51.8 Å². The van der Waals surface area contributed by atoms with Gasteiger partial charge in [0.2, 0.25) is 0 Å². The van der Waals surface area contributed by atoms with E-state index in [0.29, 0.717) is 0 Å². The normalized spacial score (nSPS) is 19.1. The summed E-state index contributed by atoms with van der Waals surface area (Å²) in [6.45, 7) is 10.7. The van der Waals surface area contributed by atoms with Gasteiger partial charge in [0.1, 0.15) is 0 Å². The fourth-order valence-corrected chi connectivity index (χ4v) is 5.84. The zero-order chi connectivity index (χ0) is 25.8. The molecule has 0 spiro atoms. The molecule has 3 nitrogen and oxygen atoms in total. The van der Waals surface area contributed by atoms with Crippen LogP contribution in [-0.4, -0.2) is 23.8 Å². The van der Waals surface area contributed by atoms with Gasteiger partial charge in [0.25, 0.3) is 0 Å². The van der Waals surface area contributed by atoms with Gasteiger partial charge in [-0.15, -0.1) is 0 Å². The van der Waals surface area contributed by atoms with E-state index in [1.54, 1.807) is 0 Å². The standard InChI is InChI=1S/C30H44ClN3.C2H6/c1-23(2)29(30(25-16-12-17-25)33-34-21-9-4-10-22-34)32-28(26-18-7-8-19-27(26)31)20-11-15-24-13-5-3-6-14-24;1-2/h7-8,18-19,24,33H,3-6,9-17,20-22H2,1-2H3;1-2H3. The van der Waals surface area contributed by atoms with Gasteiger partial charge in [0.05, 0.1) is 11.4 Å². The first-order valence-electron chi connectivity index (χ1n) is 14.9. The maximum Gasteiger partial charge on any atom is 0.0863 e. The lowest BCUT2D eigenvalue weighted by Gasteiger charge is -2.33. The molecule has 1 heterocycles. The topological polar surface area (TPSA) is 27.6 Å². The van der Waals surface area contributed by atoms with Crippen molar-refractivity contribution in [1.29, 1.82) is 0 Å². The Hall–Kier alpha value is -1.58. The first-order valence-corrected chi connectivity index (χ1v) is 15.2. The van der Waals surface area contributed by atoms with Crippen LogP contribution in [0.3, 0.4) is 0 Å². The van der Waals surface area contributed by atoms with E-state index in [4.69, 9.17) is 16.6 Å². The van der Waals surface area contributed by atoms with Gasteiger partial charge >= 0.3 is 0 Å². The summed E-state index contributed by atoms with van der Waals surface area (Å²) < 4.78 is 0. The second-order valence-electron chi connectivity index (χ2n) is 10.8. The summed E-state index contributed by atoms with van der Waals surface area (Å²) in [5.41, 5.74) is 11.3. The molecule has 2 saturated carbocycles. The smallest absolute Gasteiger partial charge is 0.0863 e. The number of benzene rings is 1. The summed E-state index contributed by atoms with van der Waals surface area (Å²) in [7, 11) is 0. The summed E-state index contributed by atoms with van der Waals surface area (Å²) in [6.07, 6.45) is 18.1. The summed E-state index contributed by atoms with van der Waals surface area (Å²) in [5, 5.41) is 3.23. The Kier molecular flexibility index (Phi) is 12.6. The van der Waals surface area contributed by atoms with Crippen molar-refractivity contribution in [3.05, 3.63) is 57.4 Å². The number of hydrogen-bond donors (Lipinski definition) is 1. The average molecular weight is 512 g/mol. The van der Waals surface area contributed by atoms with Crippen molar-refractivity contribution in [1.82, 2.24) is 10.4 Å². The summed E-state index contributed by atoms with van der Waals surface area (Å²) in [6, 6.07) is 8.27. The van der Waals surface area contributed by atoms with E-state index in [1.807, 2.05) is 26.0 Å². The van der Waals surface area contributed by atoms with Crippen molar-refractivity contribution >= 4 is 17.3 Å². The molecule has 0 bridgehead atoms. The van der Waals surface area contributed by atoms with Gasteiger partial charge in [-0.2, -0.15) is 0 Å². The number of nitrogens with zero attached hydrogens (tertiary/aromatic N) is 2. The van der Waals surface area contributed by atoms with E-state index in [2.05, 4.69) is 36.4 Å². The van der Waals surface area contributed by atoms with Crippen molar-refractivity contribution < 1.29 is 0 Å². The molecule has 200 valence electrons. The summed E-state index contributed by atoms with van der Waals surface area (Å²) in [4.78, 5) is 5.42. The van der Waals surface area contributed by atoms with E-state index in [-0.39, 0.29) is 0 Å². The minimum atomic E-state index is 0.814. The summed E-state index contributed by atoms with van der Waals surface area (Å²) in [5.74, 6) is 0.901. The molecular weight excluding hydrogens is 462 g/mol. The van der Waals surface area contributed by atoms with Crippen LogP contribution in [0.2, 0.25) is 5.02 Å². The number of allylic oxidation sites excluding steroid dienone is 2. The molecule has 36 heavy (non-hydrogen) atoms. The second kappa shape index (κ2) is 15.6. The maximum atomic E-state index is 6.71. The molecule has 0 aromatic heterocycles. The fourth-order valence-electron chi connectivity index (χ4n) is 5.60. The molecule has 0 radical (unpaired) electrons. The van der Waals surface area contributed by atoms with Gasteiger partial charge in [-0.25, -0.2) is 5.01 Å². The van der Waals surface area contributed by atoms with Gasteiger partial charge in [0, 0.05) is 29.4 Å². The number of aliphatic imine (C=N–C) groups is 1. The molecule has 0 amide bonds. The quantitative estimate of drug-likeness (QED) is 0.334. The molecule has 0 atom stereocenters. The molecule has 1 aromatic rings. The second-order valence-corrected chi connectivity index (χ2v) is 11.2. The van der Waals surface area contributed by atoms with Gasteiger partial charge in [-0.3, -0.25) is 4.99 Å². The predicted molar refractivity (Wildman–Crippen MR) is 158 cm³/mol. The number of hydrogen-bond acceptors (Lipinski definition) is 3. The van der Waals surface area contributed by atoms with Crippen molar-refractivity contribution in [2.45, 2.75) is 118 Å². The first-order chi connectivity index (χ1) is 17.6. The van der Waals surface area contributed by atoms with Gasteiger partial charge in [0.15, 0.2) is 0 Å². The Bertz CT molecular complexity index is 892. The Labute approximate surface area is 226 Å². The Morgan fingerprint density at radius 2 is 1.61 bits per heavy atom. The number of halogens is 1. The molecule has 4 heteroatoms. The lowest BCUT2D eigenvalue weighted by Crippen LogP contribution is -2.42. The third kappa shape index (κ3) is 8.48. The zero-order valence-corrected chi connectivity index (χ0v) is 24.2. The predicted octanol–water partition coefficient (Wildman–Crippen LogP) is 9.63. The maximum absolute atomic E-state index is 6.71. The summed E-state index contributed by atoms with van der Waals surface area (Å²) >= 11 is 6.71. The number of hydrazine groups is 1. The first kappa shape index (κ1) is 29.0. The van der Waals surface area contributed by atoms with Crippen LogP contribution in [0.5, 0.6) is 0 Å². The molecule has 3 fully saturated rings. The van der Waals surface area contributed by atoms with Gasteiger partial charge in [-0.05, 0) is 81.9 Å². The van der Waals surface area contributed by atoms with Crippen LogP contribution in [-0.2, 0) is 0 Å². The van der Waals surface area contributed by atoms with Crippen molar-refractivity contribution in [2.24, 2.45) is 10.9 Å². The van der Waals surface area contributed by atoms with Crippen LogP contribution < -0.4 is 5.43 Å².